The van der Waals surface area contributed by atoms with Crippen LogP contribution in [0.25, 0.3) is 0 Å². The fourth-order valence-electron chi connectivity index (χ4n) is 8.43. The molecule has 0 bridgehead atoms. The van der Waals surface area contributed by atoms with Crippen molar-refractivity contribution < 1.29 is 43.9 Å². The van der Waals surface area contributed by atoms with Crippen LogP contribution in [0.5, 0.6) is 5.75 Å². The molecule has 2 fully saturated rings. The highest BCUT2D eigenvalue weighted by molar-refractivity contribution is 5.94. The fourth-order valence-corrected chi connectivity index (χ4v) is 8.43. The number of ketones is 1. The number of aliphatic hydroxyl groups is 2. The summed E-state index contributed by atoms with van der Waals surface area (Å²) in [4.78, 5) is 39.1. The Morgan fingerprint density at radius 3 is 2.32 bits per heavy atom. The summed E-state index contributed by atoms with van der Waals surface area (Å²) in [6.07, 6.45) is 7.10. The minimum atomic E-state index is -1.16. The Hall–Kier alpha value is -2.33. The molecule has 1 aromatic carbocycles. The van der Waals surface area contributed by atoms with Crippen LogP contribution >= 0.6 is 0 Å². The number of hydrogen-bond donors (Lipinski definition) is 3. The van der Waals surface area contributed by atoms with Crippen LogP contribution in [0.4, 0.5) is 0 Å². The van der Waals surface area contributed by atoms with E-state index in [4.69, 9.17) is 14.2 Å². The number of rotatable bonds is 19. The third-order valence-corrected chi connectivity index (χ3v) is 12.1. The third-order valence-electron chi connectivity index (χ3n) is 12.1. The number of carbonyl (C=O) groups is 3. The van der Waals surface area contributed by atoms with Crippen LogP contribution in [0.3, 0.4) is 0 Å². The second-order valence-electron chi connectivity index (χ2n) is 15.5. The molecule has 2 saturated heterocycles. The average molecular weight is 703 g/mol. The van der Waals surface area contributed by atoms with Gasteiger partial charge in [-0.3, -0.25) is 9.59 Å². The summed E-state index contributed by atoms with van der Waals surface area (Å²) in [5.41, 5.74) is -0.285. The largest absolute Gasteiger partial charge is 0.478 e. The number of carboxylic acids is 1. The highest BCUT2D eigenvalue weighted by Crippen LogP contribution is 2.48. The van der Waals surface area contributed by atoms with Gasteiger partial charge in [0.1, 0.15) is 17.1 Å². The molecule has 284 valence electrons. The van der Waals surface area contributed by atoms with E-state index in [1.807, 2.05) is 27.7 Å². The first-order valence-corrected chi connectivity index (χ1v) is 19.4. The van der Waals surface area contributed by atoms with Gasteiger partial charge in [0.25, 0.3) is 0 Å². The molecule has 0 unspecified atom stereocenters. The molecule has 2 aliphatic rings. The lowest BCUT2D eigenvalue weighted by Crippen LogP contribution is -2.55. The summed E-state index contributed by atoms with van der Waals surface area (Å²) >= 11 is 0. The monoisotopic (exact) mass is 702 g/mol. The molecule has 0 saturated carbocycles. The Morgan fingerprint density at radius 1 is 1.04 bits per heavy atom. The zero-order chi connectivity index (χ0) is 37.4. The van der Waals surface area contributed by atoms with Gasteiger partial charge in [0.05, 0.1) is 35.6 Å². The Morgan fingerprint density at radius 2 is 1.74 bits per heavy atom. The lowest BCUT2D eigenvalue weighted by molar-refractivity contribution is -0.229. The van der Waals surface area contributed by atoms with Crippen molar-refractivity contribution in [1.82, 2.24) is 0 Å². The number of unbranched alkanes of at least 4 members (excludes halogenated alkanes) is 3. The van der Waals surface area contributed by atoms with Crippen LogP contribution in [-0.4, -0.2) is 68.7 Å². The lowest BCUT2D eigenvalue weighted by Gasteiger charge is -2.47. The predicted octanol–water partition coefficient (Wildman–Crippen LogP) is 8.01. The van der Waals surface area contributed by atoms with Crippen molar-refractivity contribution in [2.45, 2.75) is 181 Å². The molecule has 9 nitrogen and oxygen atoms in total. The van der Waals surface area contributed by atoms with Gasteiger partial charge in [-0.15, -0.1) is 0 Å². The zero-order valence-corrected chi connectivity index (χ0v) is 32.3. The molecule has 3 N–H and O–H groups in total. The van der Waals surface area contributed by atoms with E-state index in [0.29, 0.717) is 56.1 Å². The standard InChI is InChI=1S/C41H66O9/c1-10-14-15-16-17-33(42)49-38-26(6)19-21-30(34(38)39(45)46)20-18-25(5)35(43)28(8)36(44)31(11-2)37-27(7)24-41(13-4,50-37)32-22-23-40(47,12-3)29(9)48-32/h19,21,25,27-29,31-32,35,37,43,47H,10-18,20,22-24H2,1-9H3,(H,45,46)/t25-,27+,28+,29+,31+,32-,35+,37+,40-,41+/m1/s1. The van der Waals surface area contributed by atoms with Crippen molar-refractivity contribution in [3.63, 3.8) is 0 Å². The topological polar surface area (TPSA) is 140 Å². The minimum absolute atomic E-state index is 0.0220. The second-order valence-corrected chi connectivity index (χ2v) is 15.5. The molecule has 0 amide bonds. The SMILES string of the molecule is CCCCCCC(=O)Oc1c(C)ccc(CC[C@@H](C)[C@H](O)[C@H](C)C(=O)[C@H](CC)[C@H]2O[C@](CC)([C@H]3CC[C@](O)(CC)[C@H](C)O3)C[C@@H]2C)c1C(=O)O. The molecule has 0 radical (unpaired) electrons. The maximum atomic E-state index is 14.1. The number of aliphatic hydroxyl groups excluding tert-OH is 1. The molecule has 0 aromatic heterocycles. The van der Waals surface area contributed by atoms with E-state index >= 15 is 0 Å². The van der Waals surface area contributed by atoms with Gasteiger partial charge in [-0.1, -0.05) is 79.9 Å². The number of esters is 1. The molecule has 0 aliphatic carbocycles. The highest BCUT2D eigenvalue weighted by atomic mass is 16.6. The summed E-state index contributed by atoms with van der Waals surface area (Å²) in [5, 5.41) is 32.6. The van der Waals surface area contributed by atoms with E-state index < -0.39 is 41.1 Å². The van der Waals surface area contributed by atoms with Crippen molar-refractivity contribution in [1.29, 1.82) is 0 Å². The zero-order valence-electron chi connectivity index (χ0n) is 32.3. The summed E-state index contributed by atoms with van der Waals surface area (Å²) < 4.78 is 18.9. The quantitative estimate of drug-likeness (QED) is 0.0743. The molecular formula is C41H66O9. The number of Topliss-reactive ketones (excluding diaryl/α,β-unsaturated/α-hetero) is 1. The van der Waals surface area contributed by atoms with E-state index in [2.05, 4.69) is 20.8 Å². The first kappa shape index (κ1) is 42.1. The number of carboxylic acid groups (broad SMARTS) is 1. The van der Waals surface area contributed by atoms with Gasteiger partial charge in [0, 0.05) is 18.3 Å². The maximum Gasteiger partial charge on any atom is 0.339 e. The molecule has 2 heterocycles. The smallest absolute Gasteiger partial charge is 0.339 e. The van der Waals surface area contributed by atoms with Gasteiger partial charge in [0.15, 0.2) is 0 Å². The highest BCUT2D eigenvalue weighted by Gasteiger charge is 2.55. The Balaban J connectivity index is 1.69. The van der Waals surface area contributed by atoms with Crippen molar-refractivity contribution >= 4 is 17.7 Å². The Labute approximate surface area is 300 Å². The van der Waals surface area contributed by atoms with Gasteiger partial charge in [-0.05, 0) is 94.6 Å². The van der Waals surface area contributed by atoms with Crippen LogP contribution < -0.4 is 4.74 Å². The molecule has 50 heavy (non-hydrogen) atoms. The normalized spacial score (nSPS) is 29.3. The van der Waals surface area contributed by atoms with E-state index in [1.54, 1.807) is 26.0 Å². The van der Waals surface area contributed by atoms with Gasteiger partial charge in [0.2, 0.25) is 0 Å². The summed E-state index contributed by atoms with van der Waals surface area (Å²) in [5.74, 6) is -2.76. The summed E-state index contributed by atoms with van der Waals surface area (Å²) in [7, 11) is 0. The lowest BCUT2D eigenvalue weighted by atomic mass is 9.76. The number of ether oxygens (including phenoxy) is 3. The molecule has 2 aliphatic heterocycles. The Bertz CT molecular complexity index is 1290. The molecule has 9 heteroatoms. The number of aromatic carboxylic acids is 1. The first-order valence-electron chi connectivity index (χ1n) is 19.4. The number of hydrogen-bond acceptors (Lipinski definition) is 8. The second kappa shape index (κ2) is 18.4. The maximum absolute atomic E-state index is 14.1. The number of aryl methyl sites for hydroxylation is 2. The molecule has 10 atom stereocenters. The number of benzene rings is 1. The van der Waals surface area contributed by atoms with Gasteiger partial charge in [-0.25, -0.2) is 4.79 Å². The van der Waals surface area contributed by atoms with Gasteiger partial charge >= 0.3 is 11.9 Å². The van der Waals surface area contributed by atoms with Crippen molar-refractivity contribution in [3.8, 4) is 5.75 Å². The Kier molecular flexibility index (Phi) is 15.5. The van der Waals surface area contributed by atoms with Gasteiger partial charge in [-0.2, -0.15) is 0 Å². The average Bonchev–Trinajstić information content (AvgIpc) is 3.44. The molecule has 0 spiro atoms. The van der Waals surface area contributed by atoms with Crippen molar-refractivity contribution in [2.24, 2.45) is 23.7 Å². The van der Waals surface area contributed by atoms with Crippen LogP contribution in [0.15, 0.2) is 12.1 Å². The molecule has 1 aromatic rings. The van der Waals surface area contributed by atoms with Gasteiger partial charge < -0.3 is 29.5 Å². The van der Waals surface area contributed by atoms with Crippen molar-refractivity contribution in [3.05, 3.63) is 28.8 Å². The van der Waals surface area contributed by atoms with Crippen LogP contribution in [0, 0.1) is 30.6 Å². The third kappa shape index (κ3) is 9.55. The van der Waals surface area contributed by atoms with Crippen LogP contribution in [0.1, 0.15) is 154 Å². The summed E-state index contributed by atoms with van der Waals surface area (Å²) in [6.45, 7) is 17.6. The summed E-state index contributed by atoms with van der Waals surface area (Å²) in [6, 6.07) is 3.51. The van der Waals surface area contributed by atoms with E-state index in [9.17, 15) is 29.7 Å². The predicted molar refractivity (Wildman–Crippen MR) is 194 cm³/mol. The van der Waals surface area contributed by atoms with Crippen molar-refractivity contribution in [2.75, 3.05) is 0 Å². The van der Waals surface area contributed by atoms with E-state index in [0.717, 1.165) is 32.1 Å². The minimum Gasteiger partial charge on any atom is -0.478 e. The van der Waals surface area contributed by atoms with E-state index in [1.165, 1.54) is 0 Å². The van der Waals surface area contributed by atoms with E-state index in [-0.39, 0.29) is 53.7 Å². The molecule has 3 rings (SSSR count). The molecular weight excluding hydrogens is 636 g/mol. The first-order chi connectivity index (χ1) is 23.6. The fraction of sp³-hybridized carbons (Fsp3) is 0.780. The van der Waals surface area contributed by atoms with Crippen LogP contribution in [-0.2, 0) is 25.5 Å². The number of carbonyl (C=O) groups excluding carboxylic acids is 2. The van der Waals surface area contributed by atoms with Crippen LogP contribution in [0.2, 0.25) is 0 Å².